The molecule has 0 spiro atoms. The Labute approximate surface area is 62.4 Å². The zero-order valence-electron chi connectivity index (χ0n) is 4.94. The molecule has 0 atom stereocenters. The Hall–Kier alpha value is 0.200. The molecule has 0 saturated heterocycles. The maximum Gasteiger partial charge on any atom is 0.138 e. The number of halogens is 1. The van der Waals surface area contributed by atoms with Crippen LogP contribution in [0.4, 0.5) is 0 Å². The largest absolute Gasteiger partial charge is 0.389 e. The predicted octanol–water partition coefficient (Wildman–Crippen LogP) is 1.93. The summed E-state index contributed by atoms with van der Waals surface area (Å²) in [7, 11) is 0. The van der Waals surface area contributed by atoms with Gasteiger partial charge in [-0.25, -0.2) is 0 Å². The highest BCUT2D eigenvalue weighted by atomic mass is 127. The van der Waals surface area contributed by atoms with Gasteiger partial charge in [-0.05, 0) is 36.4 Å². The van der Waals surface area contributed by atoms with Gasteiger partial charge in [0.25, 0.3) is 0 Å². The van der Waals surface area contributed by atoms with E-state index < -0.39 is 0 Å². The van der Waals surface area contributed by atoms with E-state index in [1.165, 1.54) is 0 Å². The summed E-state index contributed by atoms with van der Waals surface area (Å²) in [4.78, 5) is 5.03. The minimum absolute atomic E-state index is 0.0451. The Morgan fingerprint density at radius 1 is 1.75 bits per heavy atom. The highest BCUT2D eigenvalue weighted by Gasteiger charge is 2.26. The van der Waals surface area contributed by atoms with Gasteiger partial charge in [-0.3, -0.25) is 0 Å². The lowest BCUT2D eigenvalue weighted by atomic mass is 10.1. The topological polar surface area (TPSA) is 21.6 Å². The van der Waals surface area contributed by atoms with E-state index in [0.717, 1.165) is 10.1 Å². The van der Waals surface area contributed by atoms with Crippen molar-refractivity contribution in [2.75, 3.05) is 0 Å². The second-order valence-electron chi connectivity index (χ2n) is 2.50. The van der Waals surface area contributed by atoms with Gasteiger partial charge in [0.2, 0.25) is 0 Å². The number of oxime groups is 1. The van der Waals surface area contributed by atoms with Crippen molar-refractivity contribution in [1.82, 2.24) is 0 Å². The van der Waals surface area contributed by atoms with Gasteiger partial charge in [0.05, 0.1) is 0 Å². The van der Waals surface area contributed by atoms with Gasteiger partial charge in [0, 0.05) is 6.42 Å². The second-order valence-corrected chi connectivity index (χ2v) is 3.74. The zero-order chi connectivity index (χ0) is 6.20. The average Bonchev–Trinajstić information content (AvgIpc) is 1.82. The van der Waals surface area contributed by atoms with Gasteiger partial charge >= 0.3 is 0 Å². The molecule has 3 heteroatoms. The van der Waals surface area contributed by atoms with E-state index in [9.17, 15) is 0 Å². The maximum atomic E-state index is 5.03. The van der Waals surface area contributed by atoms with Crippen LogP contribution < -0.4 is 0 Å². The van der Waals surface area contributed by atoms with Crippen molar-refractivity contribution in [3.63, 3.8) is 0 Å². The van der Waals surface area contributed by atoms with Gasteiger partial charge in [-0.15, -0.1) is 0 Å². The van der Waals surface area contributed by atoms with Crippen LogP contribution in [-0.2, 0) is 4.84 Å². The summed E-state index contributed by atoms with van der Waals surface area (Å²) in [6.45, 7) is 4.06. The first-order valence-electron chi connectivity index (χ1n) is 2.51. The van der Waals surface area contributed by atoms with E-state index in [4.69, 9.17) is 4.84 Å². The van der Waals surface area contributed by atoms with E-state index in [2.05, 4.69) is 27.7 Å². The minimum atomic E-state index is -0.0451. The fraction of sp³-hybridized carbons (Fsp3) is 0.800. The number of hydrogen-bond acceptors (Lipinski definition) is 2. The molecule has 1 rings (SSSR count). The molecule has 1 heterocycles. The van der Waals surface area contributed by atoms with Crippen LogP contribution in [0.3, 0.4) is 0 Å². The van der Waals surface area contributed by atoms with Crippen LogP contribution in [0.15, 0.2) is 5.16 Å². The normalized spacial score (nSPS) is 24.6. The van der Waals surface area contributed by atoms with Gasteiger partial charge in [-0.1, -0.05) is 5.16 Å². The van der Waals surface area contributed by atoms with Gasteiger partial charge < -0.3 is 4.84 Å². The van der Waals surface area contributed by atoms with Crippen molar-refractivity contribution >= 4 is 26.3 Å². The molecule has 0 aromatic carbocycles. The molecule has 0 amide bonds. The van der Waals surface area contributed by atoms with Crippen LogP contribution in [0.2, 0.25) is 0 Å². The van der Waals surface area contributed by atoms with Crippen LogP contribution in [-0.4, -0.2) is 9.32 Å². The minimum Gasteiger partial charge on any atom is -0.389 e. The van der Waals surface area contributed by atoms with Crippen LogP contribution in [0.1, 0.15) is 20.3 Å². The van der Waals surface area contributed by atoms with Crippen molar-refractivity contribution in [2.45, 2.75) is 25.9 Å². The molecule has 1 aliphatic rings. The van der Waals surface area contributed by atoms with Crippen LogP contribution in [0, 0.1) is 0 Å². The lowest BCUT2D eigenvalue weighted by Crippen LogP contribution is -2.17. The third-order valence-corrected chi connectivity index (χ3v) is 1.54. The molecule has 0 N–H and O–H groups in total. The van der Waals surface area contributed by atoms with Gasteiger partial charge in [-0.2, -0.15) is 0 Å². The van der Waals surface area contributed by atoms with Crippen molar-refractivity contribution in [2.24, 2.45) is 5.16 Å². The van der Waals surface area contributed by atoms with Crippen molar-refractivity contribution < 1.29 is 4.84 Å². The summed E-state index contributed by atoms with van der Waals surface area (Å²) < 4.78 is 1.06. The maximum absolute atomic E-state index is 5.03. The summed E-state index contributed by atoms with van der Waals surface area (Å²) in [5, 5.41) is 3.79. The molecule has 0 fully saturated rings. The summed E-state index contributed by atoms with van der Waals surface area (Å²) in [5.74, 6) is 0. The van der Waals surface area contributed by atoms with Crippen LogP contribution >= 0.6 is 22.6 Å². The molecule has 0 unspecified atom stereocenters. The Kier molecular flexibility index (Phi) is 1.47. The lowest BCUT2D eigenvalue weighted by Gasteiger charge is -2.12. The molecule has 8 heavy (non-hydrogen) atoms. The fourth-order valence-electron chi connectivity index (χ4n) is 0.589. The standard InChI is InChI=1S/C5H8INO/c1-5(2)3-4(6)7-8-5/h3H2,1-2H3. The summed E-state index contributed by atoms with van der Waals surface area (Å²) in [5.41, 5.74) is -0.0451. The Balaban J connectivity index is 2.55. The van der Waals surface area contributed by atoms with E-state index in [1.54, 1.807) is 0 Å². The van der Waals surface area contributed by atoms with Crippen LogP contribution in [0.25, 0.3) is 0 Å². The molecule has 0 aromatic heterocycles. The van der Waals surface area contributed by atoms with Crippen molar-refractivity contribution in [3.8, 4) is 0 Å². The molecular formula is C5H8INO. The molecule has 1 aliphatic heterocycles. The van der Waals surface area contributed by atoms with E-state index in [-0.39, 0.29) is 5.60 Å². The average molecular weight is 225 g/mol. The molecule has 2 nitrogen and oxygen atoms in total. The fourth-order valence-corrected chi connectivity index (χ4v) is 1.61. The van der Waals surface area contributed by atoms with Gasteiger partial charge in [0.15, 0.2) is 0 Å². The van der Waals surface area contributed by atoms with E-state index >= 15 is 0 Å². The third-order valence-electron chi connectivity index (χ3n) is 0.963. The summed E-state index contributed by atoms with van der Waals surface area (Å²) in [6, 6.07) is 0. The molecule has 0 radical (unpaired) electrons. The Bertz CT molecular complexity index is 130. The third kappa shape index (κ3) is 1.34. The SMILES string of the molecule is CC1(C)CC(I)=NO1. The van der Waals surface area contributed by atoms with E-state index in [1.807, 2.05) is 13.8 Å². The number of nitrogens with zero attached hydrogens (tertiary/aromatic N) is 1. The highest BCUT2D eigenvalue weighted by molar-refractivity contribution is 14.1. The first kappa shape index (κ1) is 6.32. The van der Waals surface area contributed by atoms with Crippen LogP contribution in [0.5, 0.6) is 0 Å². The second kappa shape index (κ2) is 1.86. The van der Waals surface area contributed by atoms with E-state index in [0.29, 0.717) is 0 Å². The number of rotatable bonds is 0. The predicted molar refractivity (Wildman–Crippen MR) is 41.2 cm³/mol. The molecule has 0 aliphatic carbocycles. The highest BCUT2D eigenvalue weighted by Crippen LogP contribution is 2.24. The first-order valence-corrected chi connectivity index (χ1v) is 3.59. The molecule has 0 aromatic rings. The van der Waals surface area contributed by atoms with Gasteiger partial charge in [0.1, 0.15) is 9.32 Å². The lowest BCUT2D eigenvalue weighted by molar-refractivity contribution is 0.0123. The number of hydrogen-bond donors (Lipinski definition) is 0. The van der Waals surface area contributed by atoms with Crippen molar-refractivity contribution in [3.05, 3.63) is 0 Å². The summed E-state index contributed by atoms with van der Waals surface area (Å²) >= 11 is 2.18. The first-order chi connectivity index (χ1) is 3.60. The molecule has 0 bridgehead atoms. The Morgan fingerprint density at radius 3 is 2.50 bits per heavy atom. The monoisotopic (exact) mass is 225 g/mol. The molecular weight excluding hydrogens is 217 g/mol. The zero-order valence-corrected chi connectivity index (χ0v) is 7.10. The smallest absolute Gasteiger partial charge is 0.138 e. The molecule has 46 valence electrons. The quantitative estimate of drug-likeness (QED) is 0.577. The Morgan fingerprint density at radius 2 is 2.38 bits per heavy atom. The molecule has 0 saturated carbocycles. The summed E-state index contributed by atoms with van der Waals surface area (Å²) in [6.07, 6.45) is 0.952. The van der Waals surface area contributed by atoms with Crippen molar-refractivity contribution in [1.29, 1.82) is 0 Å².